The molecule has 0 radical (unpaired) electrons. The lowest BCUT2D eigenvalue weighted by atomic mass is 9.78. The van der Waals surface area contributed by atoms with Crippen molar-refractivity contribution < 1.29 is 0 Å². The highest BCUT2D eigenvalue weighted by Crippen LogP contribution is 2.54. The fourth-order valence-electron chi connectivity index (χ4n) is 7.49. The fourth-order valence-corrected chi connectivity index (χ4v) is 7.49. The van der Waals surface area contributed by atoms with Gasteiger partial charge in [-0.25, -0.2) is 9.97 Å². The molecule has 222 valence electrons. The number of benzene rings is 6. The molecule has 0 unspecified atom stereocenters. The van der Waals surface area contributed by atoms with Crippen molar-refractivity contribution >= 4 is 21.5 Å². The van der Waals surface area contributed by atoms with Gasteiger partial charge in [0.15, 0.2) is 5.82 Å². The minimum atomic E-state index is -0.153. The minimum absolute atomic E-state index is 0.153. The van der Waals surface area contributed by atoms with E-state index in [1.165, 1.54) is 49.5 Å². The normalized spacial score (nSPS) is 13.1. The van der Waals surface area contributed by atoms with Gasteiger partial charge in [-0.3, -0.25) is 4.98 Å². The van der Waals surface area contributed by atoms with E-state index in [-0.39, 0.29) is 5.41 Å². The van der Waals surface area contributed by atoms with E-state index in [9.17, 15) is 0 Å². The molecule has 3 nitrogen and oxygen atoms in total. The third-order valence-corrected chi connectivity index (χ3v) is 9.71. The second kappa shape index (κ2) is 10.6. The molecule has 9 rings (SSSR count). The Balaban J connectivity index is 1.25. The maximum Gasteiger partial charge on any atom is 0.160 e. The molecule has 0 N–H and O–H groups in total. The molecular formula is C44H31N3. The number of aromatic nitrogens is 3. The third-order valence-electron chi connectivity index (χ3n) is 9.71. The van der Waals surface area contributed by atoms with Gasteiger partial charge in [-0.15, -0.1) is 0 Å². The highest BCUT2D eigenvalue weighted by atomic mass is 14.9. The number of rotatable bonds is 4. The van der Waals surface area contributed by atoms with E-state index >= 15 is 0 Å². The average molecular weight is 602 g/mol. The van der Waals surface area contributed by atoms with Gasteiger partial charge in [-0.2, -0.15) is 0 Å². The SMILES string of the molecule is CC1(C)c2cc3ccccc3cc2-c2cccc(-c3ccc(-c4cc(-c5ccccn5)nc(-c5ccccc5)n4)c4ccccc34)c21. The maximum atomic E-state index is 5.15. The van der Waals surface area contributed by atoms with Crippen molar-refractivity contribution in [2.24, 2.45) is 0 Å². The summed E-state index contributed by atoms with van der Waals surface area (Å²) in [7, 11) is 0. The molecule has 1 aliphatic carbocycles. The van der Waals surface area contributed by atoms with E-state index < -0.39 is 0 Å². The molecule has 0 fully saturated rings. The molecule has 3 heteroatoms. The molecule has 8 aromatic rings. The summed E-state index contributed by atoms with van der Waals surface area (Å²) in [6.07, 6.45) is 1.81. The van der Waals surface area contributed by atoms with Crippen LogP contribution < -0.4 is 0 Å². The Morgan fingerprint density at radius 2 is 1.09 bits per heavy atom. The van der Waals surface area contributed by atoms with Crippen LogP contribution >= 0.6 is 0 Å². The Bertz CT molecular complexity index is 2420. The molecule has 0 bridgehead atoms. The van der Waals surface area contributed by atoms with Crippen LogP contribution in [0.25, 0.3) is 77.8 Å². The summed E-state index contributed by atoms with van der Waals surface area (Å²) >= 11 is 0. The molecule has 0 saturated carbocycles. The van der Waals surface area contributed by atoms with Gasteiger partial charge in [0.05, 0.1) is 17.1 Å². The first kappa shape index (κ1) is 27.4. The molecule has 0 amide bonds. The Kier molecular flexibility index (Phi) is 6.16. The van der Waals surface area contributed by atoms with Gasteiger partial charge in [0.25, 0.3) is 0 Å². The van der Waals surface area contributed by atoms with Gasteiger partial charge in [0.1, 0.15) is 0 Å². The van der Waals surface area contributed by atoms with Crippen molar-refractivity contribution in [3.8, 4) is 56.3 Å². The summed E-state index contributed by atoms with van der Waals surface area (Å²) in [6.45, 7) is 4.75. The molecule has 0 spiro atoms. The molecule has 2 aromatic heterocycles. The highest BCUT2D eigenvalue weighted by molar-refractivity contribution is 6.07. The van der Waals surface area contributed by atoms with E-state index in [2.05, 4.69) is 128 Å². The van der Waals surface area contributed by atoms with Crippen LogP contribution in [-0.2, 0) is 5.41 Å². The maximum absolute atomic E-state index is 5.15. The van der Waals surface area contributed by atoms with Crippen molar-refractivity contribution in [2.75, 3.05) is 0 Å². The van der Waals surface area contributed by atoms with E-state index in [1.54, 1.807) is 0 Å². The number of fused-ring (bicyclic) bond motifs is 5. The van der Waals surface area contributed by atoms with Crippen LogP contribution in [0.15, 0.2) is 152 Å². The van der Waals surface area contributed by atoms with Crippen molar-refractivity contribution in [1.82, 2.24) is 15.0 Å². The molecule has 1 aliphatic rings. The molecule has 0 aliphatic heterocycles. The molecular weight excluding hydrogens is 571 g/mol. The topological polar surface area (TPSA) is 38.7 Å². The molecule has 2 heterocycles. The Morgan fingerprint density at radius 1 is 0.447 bits per heavy atom. The van der Waals surface area contributed by atoms with Crippen LogP contribution in [-0.4, -0.2) is 15.0 Å². The Hall–Kier alpha value is -5.93. The van der Waals surface area contributed by atoms with E-state index in [0.29, 0.717) is 5.82 Å². The lowest BCUT2D eigenvalue weighted by Crippen LogP contribution is -2.16. The smallest absolute Gasteiger partial charge is 0.160 e. The molecule has 0 saturated heterocycles. The quantitative estimate of drug-likeness (QED) is 0.201. The lowest BCUT2D eigenvalue weighted by molar-refractivity contribution is 0.663. The minimum Gasteiger partial charge on any atom is -0.255 e. The standard InChI is InChI=1S/C44H31N3/c1-44(2)38-26-30-16-7-6-15-29(30)25-37(38)36-20-12-19-35(42(36)44)33-22-23-34(32-18-9-8-17-31(32)33)40-27-41(39-21-10-11-24-45-39)47-43(46-40)28-13-4-3-5-14-28/h3-27H,1-2H3. The van der Waals surface area contributed by atoms with Crippen LogP contribution in [0.4, 0.5) is 0 Å². The zero-order valence-corrected chi connectivity index (χ0v) is 26.3. The first-order chi connectivity index (χ1) is 23.1. The molecule has 47 heavy (non-hydrogen) atoms. The predicted molar refractivity (Wildman–Crippen MR) is 194 cm³/mol. The van der Waals surface area contributed by atoms with Gasteiger partial charge < -0.3 is 0 Å². The first-order valence-corrected chi connectivity index (χ1v) is 16.1. The monoisotopic (exact) mass is 601 g/mol. The average Bonchev–Trinajstić information content (AvgIpc) is 3.36. The molecule has 6 aromatic carbocycles. The first-order valence-electron chi connectivity index (χ1n) is 16.1. The van der Waals surface area contributed by atoms with Crippen molar-refractivity contribution in [3.05, 3.63) is 163 Å². The summed E-state index contributed by atoms with van der Waals surface area (Å²) in [5, 5.41) is 4.93. The summed E-state index contributed by atoms with van der Waals surface area (Å²) in [5.41, 5.74) is 12.3. The van der Waals surface area contributed by atoms with Crippen LogP contribution in [0.1, 0.15) is 25.0 Å². The van der Waals surface area contributed by atoms with Gasteiger partial charge >= 0.3 is 0 Å². The van der Waals surface area contributed by atoms with Crippen LogP contribution in [0.3, 0.4) is 0 Å². The predicted octanol–water partition coefficient (Wildman–Crippen LogP) is 11.2. The van der Waals surface area contributed by atoms with Crippen molar-refractivity contribution in [2.45, 2.75) is 19.3 Å². The number of hydrogen-bond donors (Lipinski definition) is 0. The van der Waals surface area contributed by atoms with Gasteiger partial charge in [0.2, 0.25) is 0 Å². The van der Waals surface area contributed by atoms with Gasteiger partial charge in [-0.1, -0.05) is 129 Å². The van der Waals surface area contributed by atoms with Crippen LogP contribution in [0, 0.1) is 0 Å². The van der Waals surface area contributed by atoms with Gasteiger partial charge in [0, 0.05) is 22.7 Å². The highest BCUT2D eigenvalue weighted by Gasteiger charge is 2.38. The Morgan fingerprint density at radius 3 is 1.85 bits per heavy atom. The van der Waals surface area contributed by atoms with Crippen LogP contribution in [0.2, 0.25) is 0 Å². The largest absolute Gasteiger partial charge is 0.255 e. The van der Waals surface area contributed by atoms with Gasteiger partial charge in [-0.05, 0) is 85.3 Å². The van der Waals surface area contributed by atoms with Crippen molar-refractivity contribution in [1.29, 1.82) is 0 Å². The number of nitrogens with zero attached hydrogens (tertiary/aromatic N) is 3. The zero-order chi connectivity index (χ0) is 31.5. The summed E-state index contributed by atoms with van der Waals surface area (Å²) in [4.78, 5) is 14.7. The third kappa shape index (κ3) is 4.39. The lowest BCUT2D eigenvalue weighted by Gasteiger charge is -2.25. The van der Waals surface area contributed by atoms with Crippen LogP contribution in [0.5, 0.6) is 0 Å². The van der Waals surface area contributed by atoms with E-state index in [1.807, 2.05) is 42.6 Å². The van der Waals surface area contributed by atoms with E-state index in [0.717, 1.165) is 33.6 Å². The number of pyridine rings is 1. The second-order valence-corrected chi connectivity index (χ2v) is 12.8. The zero-order valence-electron chi connectivity index (χ0n) is 26.3. The second-order valence-electron chi connectivity index (χ2n) is 12.8. The fraction of sp³-hybridized carbons (Fsp3) is 0.0682. The van der Waals surface area contributed by atoms with Crippen molar-refractivity contribution in [3.63, 3.8) is 0 Å². The molecule has 0 atom stereocenters. The van der Waals surface area contributed by atoms with E-state index in [4.69, 9.17) is 9.97 Å². The number of hydrogen-bond acceptors (Lipinski definition) is 3. The summed E-state index contributed by atoms with van der Waals surface area (Å²) < 4.78 is 0. The Labute approximate surface area is 274 Å². The summed E-state index contributed by atoms with van der Waals surface area (Å²) in [6, 6.07) is 51.7. The summed E-state index contributed by atoms with van der Waals surface area (Å²) in [5.74, 6) is 0.685.